The van der Waals surface area contributed by atoms with Crippen LogP contribution in [0.5, 0.6) is 0 Å². The van der Waals surface area contributed by atoms with Crippen molar-refractivity contribution in [1.29, 1.82) is 0 Å². The maximum atomic E-state index is 12.4. The summed E-state index contributed by atoms with van der Waals surface area (Å²) in [6.45, 7) is 2.02. The van der Waals surface area contributed by atoms with E-state index in [-0.39, 0.29) is 12.0 Å². The van der Waals surface area contributed by atoms with Crippen molar-refractivity contribution in [2.75, 3.05) is 19.1 Å². The number of thioether (sulfide) groups is 1. The molecule has 1 heterocycles. The van der Waals surface area contributed by atoms with Crippen LogP contribution in [0, 0.1) is 5.92 Å². The second-order valence-electron chi connectivity index (χ2n) is 3.76. The molecule has 2 nitrogen and oxygen atoms in total. The van der Waals surface area contributed by atoms with Gasteiger partial charge in [0.25, 0.3) is 0 Å². The lowest BCUT2D eigenvalue weighted by atomic mass is 10.0. The predicted octanol–water partition coefficient (Wildman–Crippen LogP) is 3.42. The normalized spacial score (nSPS) is 15.9. The minimum Gasteiger partial charge on any atom is -0.312 e. The van der Waals surface area contributed by atoms with Crippen molar-refractivity contribution >= 4 is 23.1 Å². The molecule has 2 unspecified atom stereocenters. The number of alkyl halides is 3. The average Bonchev–Trinajstić information content (AvgIpc) is 2.68. The third-order valence-corrected chi connectivity index (χ3v) is 4.37. The van der Waals surface area contributed by atoms with E-state index in [1.54, 1.807) is 18.8 Å². The quantitative estimate of drug-likeness (QED) is 0.897. The van der Waals surface area contributed by atoms with Crippen LogP contribution in [-0.4, -0.2) is 24.0 Å². The van der Waals surface area contributed by atoms with E-state index in [1.807, 2.05) is 13.2 Å². The third-order valence-electron chi connectivity index (χ3n) is 2.38. The Labute approximate surface area is 107 Å². The zero-order valence-corrected chi connectivity index (χ0v) is 11.5. The van der Waals surface area contributed by atoms with Gasteiger partial charge in [0.1, 0.15) is 0 Å². The predicted molar refractivity (Wildman–Crippen MR) is 66.5 cm³/mol. The molecule has 0 bridgehead atoms. The second-order valence-corrected chi connectivity index (χ2v) is 5.74. The lowest BCUT2D eigenvalue weighted by Crippen LogP contribution is -2.24. The summed E-state index contributed by atoms with van der Waals surface area (Å²) in [7, 11) is 1.76. The Morgan fingerprint density at radius 1 is 1.53 bits per heavy atom. The summed E-state index contributed by atoms with van der Waals surface area (Å²) in [6, 6.07) is -0.0731. The third kappa shape index (κ3) is 3.86. The number of aromatic nitrogens is 1. The molecule has 0 aliphatic carbocycles. The van der Waals surface area contributed by atoms with Crippen molar-refractivity contribution in [2.24, 2.45) is 5.92 Å². The summed E-state index contributed by atoms with van der Waals surface area (Å²) in [4.78, 5) is 4.09. The topological polar surface area (TPSA) is 24.9 Å². The van der Waals surface area contributed by atoms with Crippen molar-refractivity contribution in [2.45, 2.75) is 19.1 Å². The summed E-state index contributed by atoms with van der Waals surface area (Å²) < 4.78 is 37.3. The van der Waals surface area contributed by atoms with Crippen LogP contribution in [0.25, 0.3) is 0 Å². The van der Waals surface area contributed by atoms with Crippen LogP contribution < -0.4 is 5.32 Å². The molecular formula is C10H15F3N2S2. The van der Waals surface area contributed by atoms with Crippen molar-refractivity contribution in [3.8, 4) is 0 Å². The summed E-state index contributed by atoms with van der Waals surface area (Å²) in [5, 5.41) is 2.28. The number of nitrogens with zero attached hydrogens (tertiary/aromatic N) is 1. The maximum Gasteiger partial charge on any atom is 0.443 e. The zero-order chi connectivity index (χ0) is 13.1. The van der Waals surface area contributed by atoms with E-state index >= 15 is 0 Å². The van der Waals surface area contributed by atoms with Gasteiger partial charge in [-0.1, -0.05) is 6.92 Å². The van der Waals surface area contributed by atoms with Crippen LogP contribution in [-0.2, 0) is 6.18 Å². The van der Waals surface area contributed by atoms with Gasteiger partial charge in [0.05, 0.1) is 0 Å². The van der Waals surface area contributed by atoms with E-state index in [4.69, 9.17) is 0 Å². The number of hydrogen-bond acceptors (Lipinski definition) is 4. The number of hydrogen-bond donors (Lipinski definition) is 1. The largest absolute Gasteiger partial charge is 0.443 e. The first-order valence-corrected chi connectivity index (χ1v) is 7.30. The molecule has 1 N–H and O–H groups in total. The van der Waals surface area contributed by atoms with Crippen LogP contribution in [0.2, 0.25) is 0 Å². The van der Waals surface area contributed by atoms with E-state index < -0.39 is 11.2 Å². The van der Waals surface area contributed by atoms with Gasteiger partial charge in [-0.05, 0) is 25.0 Å². The Morgan fingerprint density at radius 2 is 2.18 bits per heavy atom. The first-order valence-electron chi connectivity index (χ1n) is 5.09. The summed E-state index contributed by atoms with van der Waals surface area (Å²) in [5.41, 5.74) is 0. The van der Waals surface area contributed by atoms with Gasteiger partial charge in [-0.2, -0.15) is 24.9 Å². The first-order chi connectivity index (χ1) is 7.90. The van der Waals surface area contributed by atoms with Gasteiger partial charge in [0.2, 0.25) is 0 Å². The van der Waals surface area contributed by atoms with Crippen molar-refractivity contribution in [3.63, 3.8) is 0 Å². The molecule has 98 valence electrons. The fraction of sp³-hybridized carbons (Fsp3) is 0.700. The Morgan fingerprint density at radius 3 is 2.59 bits per heavy atom. The van der Waals surface area contributed by atoms with Gasteiger partial charge in [0, 0.05) is 17.1 Å². The number of halogens is 3. The molecule has 0 saturated heterocycles. The lowest BCUT2D eigenvalue weighted by molar-refractivity contribution is -0.137. The van der Waals surface area contributed by atoms with Crippen LogP contribution in [0.1, 0.15) is 22.9 Å². The molecule has 0 fully saturated rings. The van der Waals surface area contributed by atoms with Gasteiger partial charge in [-0.15, -0.1) is 11.3 Å². The minimum atomic E-state index is -4.34. The second kappa shape index (κ2) is 6.06. The highest BCUT2D eigenvalue weighted by molar-refractivity contribution is 7.98. The van der Waals surface area contributed by atoms with Crippen molar-refractivity contribution in [1.82, 2.24) is 10.3 Å². The Bertz CT molecular complexity index is 352. The van der Waals surface area contributed by atoms with Gasteiger partial charge < -0.3 is 5.32 Å². The Hall–Kier alpha value is -0.270. The number of nitrogens with one attached hydrogen (secondary N) is 1. The summed E-state index contributed by atoms with van der Waals surface area (Å²) >= 11 is 2.40. The fourth-order valence-corrected chi connectivity index (χ4v) is 3.37. The molecule has 0 aromatic carbocycles. The zero-order valence-electron chi connectivity index (χ0n) is 9.84. The molecule has 0 spiro atoms. The molecule has 1 aromatic heterocycles. The molecule has 17 heavy (non-hydrogen) atoms. The maximum absolute atomic E-state index is 12.4. The van der Waals surface area contributed by atoms with E-state index in [2.05, 4.69) is 10.3 Å². The molecule has 2 atom stereocenters. The Balaban J connectivity index is 2.86. The van der Waals surface area contributed by atoms with Gasteiger partial charge in [0.15, 0.2) is 5.01 Å². The highest BCUT2D eigenvalue weighted by Crippen LogP contribution is 2.36. The molecule has 0 aliphatic rings. The first kappa shape index (κ1) is 14.8. The van der Waals surface area contributed by atoms with E-state index in [0.717, 1.165) is 17.1 Å². The van der Waals surface area contributed by atoms with E-state index in [0.29, 0.717) is 4.88 Å². The highest BCUT2D eigenvalue weighted by atomic mass is 32.2. The van der Waals surface area contributed by atoms with Crippen LogP contribution in [0.15, 0.2) is 6.20 Å². The van der Waals surface area contributed by atoms with Crippen LogP contribution in [0.3, 0.4) is 0 Å². The van der Waals surface area contributed by atoms with E-state index in [1.165, 1.54) is 6.20 Å². The molecule has 0 amide bonds. The average molecular weight is 284 g/mol. The van der Waals surface area contributed by atoms with E-state index in [9.17, 15) is 13.2 Å². The Kier molecular flexibility index (Phi) is 5.27. The standard InChI is InChI=1S/C10H15F3N2S2/c1-6(5-16-3)8(14-2)7-4-15-9(17-7)10(11,12)13/h4,6,8,14H,5H2,1-3H3. The van der Waals surface area contributed by atoms with Crippen LogP contribution in [0.4, 0.5) is 13.2 Å². The summed E-state index contributed by atoms with van der Waals surface area (Å²) in [6.07, 6.45) is -1.04. The molecule has 1 rings (SSSR count). The minimum absolute atomic E-state index is 0.0731. The van der Waals surface area contributed by atoms with Crippen molar-refractivity contribution in [3.05, 3.63) is 16.1 Å². The molecule has 1 aromatic rings. The summed E-state index contributed by atoms with van der Waals surface area (Å²) in [5.74, 6) is 1.15. The highest BCUT2D eigenvalue weighted by Gasteiger charge is 2.35. The molecule has 0 saturated carbocycles. The van der Waals surface area contributed by atoms with Crippen LogP contribution >= 0.6 is 23.1 Å². The van der Waals surface area contributed by atoms with Gasteiger partial charge in [-0.25, -0.2) is 4.98 Å². The smallest absolute Gasteiger partial charge is 0.312 e. The van der Waals surface area contributed by atoms with Gasteiger partial charge >= 0.3 is 6.18 Å². The molecular weight excluding hydrogens is 269 g/mol. The lowest BCUT2D eigenvalue weighted by Gasteiger charge is -2.21. The monoisotopic (exact) mass is 284 g/mol. The molecule has 0 radical (unpaired) electrons. The van der Waals surface area contributed by atoms with Crippen molar-refractivity contribution < 1.29 is 13.2 Å². The number of thiazole rings is 1. The molecule has 0 aliphatic heterocycles. The van der Waals surface area contributed by atoms with Gasteiger partial charge in [-0.3, -0.25) is 0 Å². The SMILES string of the molecule is CNC(c1cnc(C(F)(F)F)s1)C(C)CSC. The number of rotatable bonds is 5. The molecule has 7 heteroatoms. The fourth-order valence-electron chi connectivity index (χ4n) is 1.63.